The molecule has 6 heteroatoms. The Bertz CT molecular complexity index is 636. The van der Waals surface area contributed by atoms with E-state index in [9.17, 15) is 9.18 Å². The molecule has 1 amide bonds. The molecule has 2 aromatic carbocycles. The van der Waals surface area contributed by atoms with E-state index in [-0.39, 0.29) is 17.3 Å². The molecular weight excluding hydrogens is 299 g/mol. The van der Waals surface area contributed by atoms with E-state index >= 15 is 0 Å². The van der Waals surface area contributed by atoms with E-state index in [0.29, 0.717) is 10.7 Å². The summed E-state index contributed by atoms with van der Waals surface area (Å²) in [5.74, 6) is -0.649. The van der Waals surface area contributed by atoms with Crippen molar-refractivity contribution in [3.8, 4) is 0 Å². The molecule has 0 atom stereocenters. The molecule has 0 aliphatic carbocycles. The predicted molar refractivity (Wildman–Crippen MR) is 81.6 cm³/mol. The molecule has 0 aliphatic rings. The van der Waals surface area contributed by atoms with Crippen molar-refractivity contribution in [1.82, 2.24) is 0 Å². The third-order valence-electron chi connectivity index (χ3n) is 2.46. The van der Waals surface area contributed by atoms with Gasteiger partial charge in [-0.05, 0) is 30.3 Å². The summed E-state index contributed by atoms with van der Waals surface area (Å²) in [6.45, 7) is 0. The maximum absolute atomic E-state index is 13.4. The number of carbonyl (C=O) groups excluding carboxylic acids is 1. The van der Waals surface area contributed by atoms with Gasteiger partial charge in [0.15, 0.2) is 0 Å². The lowest BCUT2D eigenvalue weighted by atomic mass is 10.3. The van der Waals surface area contributed by atoms with Crippen LogP contribution in [0.4, 0.5) is 15.8 Å². The Morgan fingerprint density at radius 2 is 2.05 bits per heavy atom. The van der Waals surface area contributed by atoms with E-state index in [0.717, 1.165) is 4.90 Å². The number of nitrogens with one attached hydrogen (secondary N) is 1. The molecule has 0 saturated heterocycles. The smallest absolute Gasteiger partial charge is 0.234 e. The van der Waals surface area contributed by atoms with Crippen molar-refractivity contribution in [2.45, 2.75) is 4.90 Å². The maximum atomic E-state index is 13.4. The van der Waals surface area contributed by atoms with Crippen molar-refractivity contribution in [1.29, 1.82) is 0 Å². The van der Waals surface area contributed by atoms with Crippen LogP contribution in [0.5, 0.6) is 0 Å². The fraction of sp³-hybridized carbons (Fsp3) is 0.0714. The lowest BCUT2D eigenvalue weighted by molar-refractivity contribution is -0.113. The fourth-order valence-corrected chi connectivity index (χ4v) is 2.59. The average molecular weight is 311 g/mol. The van der Waals surface area contributed by atoms with Gasteiger partial charge in [0, 0.05) is 10.6 Å². The summed E-state index contributed by atoms with van der Waals surface area (Å²) in [6.07, 6.45) is 0. The third kappa shape index (κ3) is 3.88. The third-order valence-corrected chi connectivity index (χ3v) is 3.96. The van der Waals surface area contributed by atoms with E-state index in [4.69, 9.17) is 17.3 Å². The van der Waals surface area contributed by atoms with Gasteiger partial charge in [0.05, 0.1) is 16.5 Å². The van der Waals surface area contributed by atoms with Gasteiger partial charge >= 0.3 is 0 Å². The van der Waals surface area contributed by atoms with Crippen LogP contribution in [0.1, 0.15) is 0 Å². The normalized spacial score (nSPS) is 10.3. The lowest BCUT2D eigenvalue weighted by Crippen LogP contribution is -2.14. The molecule has 0 fully saturated rings. The summed E-state index contributed by atoms with van der Waals surface area (Å²) in [5, 5.41) is 3.04. The van der Waals surface area contributed by atoms with Crippen molar-refractivity contribution in [3.05, 3.63) is 53.3 Å². The largest absolute Gasteiger partial charge is 0.399 e. The highest BCUT2D eigenvalue weighted by atomic mass is 35.5. The summed E-state index contributed by atoms with van der Waals surface area (Å²) in [4.78, 5) is 12.5. The highest BCUT2D eigenvalue weighted by Gasteiger charge is 2.08. The number of para-hydroxylation sites is 1. The number of anilines is 2. The number of hydrogen-bond donors (Lipinski definition) is 2. The van der Waals surface area contributed by atoms with E-state index in [1.807, 2.05) is 0 Å². The lowest BCUT2D eigenvalue weighted by Gasteiger charge is -2.07. The Labute approximate surface area is 125 Å². The maximum Gasteiger partial charge on any atom is 0.234 e. The van der Waals surface area contributed by atoms with Crippen LogP contribution in [0.3, 0.4) is 0 Å². The van der Waals surface area contributed by atoms with Gasteiger partial charge in [-0.25, -0.2) is 4.39 Å². The fourth-order valence-electron chi connectivity index (χ4n) is 1.52. The number of nitrogens with two attached hydrogens (primary N) is 1. The van der Waals surface area contributed by atoms with Crippen LogP contribution in [0, 0.1) is 5.82 Å². The number of amides is 1. The molecule has 0 aromatic heterocycles. The van der Waals surface area contributed by atoms with Crippen LogP contribution in [0.25, 0.3) is 0 Å². The van der Waals surface area contributed by atoms with E-state index in [1.54, 1.807) is 30.3 Å². The van der Waals surface area contributed by atoms with Gasteiger partial charge in [-0.15, -0.1) is 11.8 Å². The summed E-state index contributed by atoms with van der Waals surface area (Å²) in [5.41, 5.74) is 6.39. The summed E-state index contributed by atoms with van der Waals surface area (Å²) < 4.78 is 13.4. The second kappa shape index (κ2) is 6.63. The Hall–Kier alpha value is -1.72. The zero-order valence-corrected chi connectivity index (χ0v) is 12.0. The zero-order valence-electron chi connectivity index (χ0n) is 10.4. The van der Waals surface area contributed by atoms with Crippen molar-refractivity contribution < 1.29 is 9.18 Å². The van der Waals surface area contributed by atoms with Crippen LogP contribution in [-0.2, 0) is 4.79 Å². The number of carbonyl (C=O) groups is 1. The van der Waals surface area contributed by atoms with Gasteiger partial charge in [-0.1, -0.05) is 23.7 Å². The van der Waals surface area contributed by atoms with Crippen LogP contribution < -0.4 is 11.1 Å². The molecule has 0 heterocycles. The van der Waals surface area contributed by atoms with E-state index in [2.05, 4.69) is 5.32 Å². The quantitative estimate of drug-likeness (QED) is 0.667. The van der Waals surface area contributed by atoms with Gasteiger partial charge in [-0.3, -0.25) is 4.79 Å². The van der Waals surface area contributed by atoms with Gasteiger partial charge in [-0.2, -0.15) is 0 Å². The second-order valence-corrected chi connectivity index (χ2v) is 5.43. The minimum atomic E-state index is -0.465. The minimum Gasteiger partial charge on any atom is -0.399 e. The Morgan fingerprint density at radius 1 is 1.30 bits per heavy atom. The molecule has 3 nitrogen and oxygen atoms in total. The molecule has 0 saturated carbocycles. The van der Waals surface area contributed by atoms with Crippen molar-refractivity contribution in [2.24, 2.45) is 0 Å². The first-order chi connectivity index (χ1) is 9.56. The predicted octanol–water partition coefficient (Wildman–Crippen LogP) is 3.79. The molecule has 0 radical (unpaired) electrons. The molecule has 104 valence electrons. The molecule has 2 aromatic rings. The van der Waals surface area contributed by atoms with E-state index < -0.39 is 5.82 Å². The standard InChI is InChI=1S/C14H12ClFN2OS/c15-10-6-5-9(17)7-13(10)20-8-14(19)18-12-4-2-1-3-11(12)16/h1-7H,8,17H2,(H,18,19). The molecule has 0 aliphatic heterocycles. The minimum absolute atomic E-state index is 0.123. The van der Waals surface area contributed by atoms with Gasteiger partial charge in [0.1, 0.15) is 5.82 Å². The number of benzene rings is 2. The molecule has 20 heavy (non-hydrogen) atoms. The zero-order chi connectivity index (χ0) is 14.5. The number of halogens is 2. The molecular formula is C14H12ClFN2OS. The van der Waals surface area contributed by atoms with Crippen LogP contribution >= 0.6 is 23.4 Å². The summed E-state index contributed by atoms with van der Waals surface area (Å²) in [6, 6.07) is 11.1. The molecule has 0 bridgehead atoms. The first-order valence-electron chi connectivity index (χ1n) is 5.78. The monoisotopic (exact) mass is 310 g/mol. The highest BCUT2D eigenvalue weighted by molar-refractivity contribution is 8.00. The SMILES string of the molecule is Nc1ccc(Cl)c(SCC(=O)Nc2ccccc2F)c1. The Morgan fingerprint density at radius 3 is 2.80 bits per heavy atom. The molecule has 2 rings (SSSR count). The topological polar surface area (TPSA) is 55.1 Å². The van der Waals surface area contributed by atoms with Gasteiger partial charge in [0.2, 0.25) is 5.91 Å². The van der Waals surface area contributed by atoms with Crippen LogP contribution in [0.15, 0.2) is 47.4 Å². The van der Waals surface area contributed by atoms with Gasteiger partial charge < -0.3 is 11.1 Å². The number of hydrogen-bond acceptors (Lipinski definition) is 3. The molecule has 0 unspecified atom stereocenters. The van der Waals surface area contributed by atoms with Crippen LogP contribution in [0.2, 0.25) is 5.02 Å². The highest BCUT2D eigenvalue weighted by Crippen LogP contribution is 2.29. The Balaban J connectivity index is 1.96. The number of thioether (sulfide) groups is 1. The first-order valence-corrected chi connectivity index (χ1v) is 7.15. The van der Waals surface area contributed by atoms with Gasteiger partial charge in [0.25, 0.3) is 0 Å². The average Bonchev–Trinajstić information content (AvgIpc) is 2.42. The number of nitrogen functional groups attached to an aromatic ring is 1. The van der Waals surface area contributed by atoms with Crippen molar-refractivity contribution in [2.75, 3.05) is 16.8 Å². The first kappa shape index (κ1) is 14.7. The molecule has 3 N–H and O–H groups in total. The second-order valence-electron chi connectivity index (χ2n) is 4.01. The number of rotatable bonds is 4. The van der Waals surface area contributed by atoms with Crippen molar-refractivity contribution in [3.63, 3.8) is 0 Å². The molecule has 0 spiro atoms. The van der Waals surface area contributed by atoms with E-state index in [1.165, 1.54) is 23.9 Å². The summed E-state index contributed by atoms with van der Waals surface area (Å²) in [7, 11) is 0. The summed E-state index contributed by atoms with van der Waals surface area (Å²) >= 11 is 7.24. The van der Waals surface area contributed by atoms with Crippen LogP contribution in [-0.4, -0.2) is 11.7 Å². The van der Waals surface area contributed by atoms with Crippen molar-refractivity contribution >= 4 is 40.6 Å². The Kier molecular flexibility index (Phi) is 4.87.